The Bertz CT molecular complexity index is 1590. The summed E-state index contributed by atoms with van der Waals surface area (Å²) in [5, 5.41) is 13.7. The Hall–Kier alpha value is -5.76. The van der Waals surface area contributed by atoms with Gasteiger partial charge in [0.1, 0.15) is 17.2 Å². The van der Waals surface area contributed by atoms with E-state index in [1.807, 2.05) is 30.3 Å². The van der Waals surface area contributed by atoms with E-state index in [9.17, 15) is 19.5 Å². The minimum absolute atomic E-state index is 0.0719. The SMILES string of the molecule is O=C(/C=C/c1ccccc1)Oc1ccccc1/C=C/C(=O)Oc1ccccc1/C=N/NC(=O)c1ccccc1O. The first-order valence-corrected chi connectivity index (χ1v) is 12.1. The van der Waals surface area contributed by atoms with Crippen LogP contribution in [0.5, 0.6) is 17.2 Å². The number of hydrazone groups is 1. The van der Waals surface area contributed by atoms with E-state index in [0.717, 1.165) is 5.56 Å². The summed E-state index contributed by atoms with van der Waals surface area (Å²) in [7, 11) is 0. The number of ether oxygens (including phenoxy) is 2. The summed E-state index contributed by atoms with van der Waals surface area (Å²) in [4.78, 5) is 37.1. The molecule has 0 spiro atoms. The molecule has 0 aliphatic carbocycles. The molecule has 0 aromatic heterocycles. The number of phenolic OH excluding ortho intramolecular Hbond substituents is 1. The first-order valence-electron chi connectivity index (χ1n) is 12.1. The van der Waals surface area contributed by atoms with Gasteiger partial charge in [0.05, 0.1) is 11.8 Å². The number of esters is 2. The summed E-state index contributed by atoms with van der Waals surface area (Å²) in [6.45, 7) is 0. The summed E-state index contributed by atoms with van der Waals surface area (Å²) in [6, 6.07) is 28.8. The van der Waals surface area contributed by atoms with Crippen LogP contribution < -0.4 is 14.9 Å². The van der Waals surface area contributed by atoms with Crippen LogP contribution in [-0.4, -0.2) is 29.2 Å². The highest BCUT2D eigenvalue weighted by Gasteiger charge is 2.10. The molecule has 4 rings (SSSR count). The van der Waals surface area contributed by atoms with Crippen molar-refractivity contribution in [2.45, 2.75) is 0 Å². The molecule has 0 saturated carbocycles. The third-order valence-electron chi connectivity index (χ3n) is 5.39. The van der Waals surface area contributed by atoms with Gasteiger partial charge in [0.25, 0.3) is 5.91 Å². The lowest BCUT2D eigenvalue weighted by molar-refractivity contribution is -0.129. The van der Waals surface area contributed by atoms with E-state index in [1.54, 1.807) is 66.7 Å². The predicted molar refractivity (Wildman–Crippen MR) is 152 cm³/mol. The van der Waals surface area contributed by atoms with E-state index in [0.29, 0.717) is 11.1 Å². The van der Waals surface area contributed by atoms with E-state index >= 15 is 0 Å². The molecule has 0 atom stereocenters. The number of carbonyl (C=O) groups is 3. The molecule has 0 heterocycles. The number of hydrogen-bond donors (Lipinski definition) is 2. The molecule has 2 N–H and O–H groups in total. The number of aromatic hydroxyl groups is 1. The van der Waals surface area contributed by atoms with Gasteiger partial charge >= 0.3 is 11.9 Å². The van der Waals surface area contributed by atoms with Crippen molar-refractivity contribution in [3.63, 3.8) is 0 Å². The van der Waals surface area contributed by atoms with Crippen LogP contribution in [0.2, 0.25) is 0 Å². The molecule has 8 heteroatoms. The van der Waals surface area contributed by atoms with Crippen LogP contribution in [0.15, 0.2) is 120 Å². The number of hydrogen-bond acceptors (Lipinski definition) is 7. The number of benzene rings is 4. The highest BCUT2D eigenvalue weighted by Crippen LogP contribution is 2.21. The molecule has 8 nitrogen and oxygen atoms in total. The van der Waals surface area contributed by atoms with Gasteiger partial charge in [-0.1, -0.05) is 72.8 Å². The van der Waals surface area contributed by atoms with Crippen LogP contribution in [-0.2, 0) is 9.59 Å². The summed E-state index contributed by atoms with van der Waals surface area (Å²) in [5.74, 6) is -1.51. The average molecular weight is 533 g/mol. The molecule has 0 unspecified atom stereocenters. The van der Waals surface area contributed by atoms with Gasteiger partial charge in [0, 0.05) is 23.3 Å². The van der Waals surface area contributed by atoms with Gasteiger partial charge in [-0.05, 0) is 48.0 Å². The first-order chi connectivity index (χ1) is 19.5. The minimum atomic E-state index is -0.677. The molecule has 0 saturated heterocycles. The highest BCUT2D eigenvalue weighted by atomic mass is 16.5. The third-order valence-corrected chi connectivity index (χ3v) is 5.39. The smallest absolute Gasteiger partial charge is 0.336 e. The Morgan fingerprint density at radius 3 is 1.90 bits per heavy atom. The second-order valence-corrected chi connectivity index (χ2v) is 8.21. The number of amides is 1. The van der Waals surface area contributed by atoms with Crippen LogP contribution in [0.1, 0.15) is 27.0 Å². The molecule has 4 aromatic carbocycles. The van der Waals surface area contributed by atoms with E-state index in [-0.39, 0.29) is 22.8 Å². The molecule has 0 aliphatic heterocycles. The zero-order valence-corrected chi connectivity index (χ0v) is 21.1. The van der Waals surface area contributed by atoms with Crippen molar-refractivity contribution in [3.8, 4) is 17.2 Å². The topological polar surface area (TPSA) is 114 Å². The van der Waals surface area contributed by atoms with E-state index < -0.39 is 17.8 Å². The summed E-state index contributed by atoms with van der Waals surface area (Å²) in [6.07, 6.45) is 6.99. The molecule has 4 aromatic rings. The maximum atomic E-state index is 12.6. The fourth-order valence-electron chi connectivity index (χ4n) is 3.45. The molecular formula is C32H24N2O6. The van der Waals surface area contributed by atoms with Gasteiger partial charge in [-0.3, -0.25) is 4.79 Å². The van der Waals surface area contributed by atoms with Gasteiger partial charge < -0.3 is 14.6 Å². The quantitative estimate of drug-likeness (QED) is 0.0982. The van der Waals surface area contributed by atoms with Gasteiger partial charge in [0.2, 0.25) is 0 Å². The summed E-state index contributed by atoms with van der Waals surface area (Å²) >= 11 is 0. The van der Waals surface area contributed by atoms with Crippen molar-refractivity contribution in [1.82, 2.24) is 5.43 Å². The maximum absolute atomic E-state index is 12.6. The number of carbonyl (C=O) groups excluding carboxylic acids is 3. The second-order valence-electron chi connectivity index (χ2n) is 8.21. The largest absolute Gasteiger partial charge is 0.507 e. The van der Waals surface area contributed by atoms with Crippen LogP contribution in [0, 0.1) is 0 Å². The molecular weight excluding hydrogens is 508 g/mol. The van der Waals surface area contributed by atoms with Crippen LogP contribution in [0.4, 0.5) is 0 Å². The molecule has 1 amide bonds. The molecule has 0 bridgehead atoms. The molecule has 198 valence electrons. The fraction of sp³-hybridized carbons (Fsp3) is 0. The predicted octanol–water partition coefficient (Wildman–Crippen LogP) is 5.39. The second kappa shape index (κ2) is 13.7. The molecule has 0 fully saturated rings. The summed E-state index contributed by atoms with van der Waals surface area (Å²) in [5.41, 5.74) is 4.19. The minimum Gasteiger partial charge on any atom is -0.507 e. The molecule has 40 heavy (non-hydrogen) atoms. The Morgan fingerprint density at radius 1 is 0.650 bits per heavy atom. The van der Waals surface area contributed by atoms with Gasteiger partial charge in [0.15, 0.2) is 0 Å². The number of para-hydroxylation sites is 3. The number of phenols is 1. The summed E-state index contributed by atoms with van der Waals surface area (Å²) < 4.78 is 10.9. The maximum Gasteiger partial charge on any atom is 0.336 e. The van der Waals surface area contributed by atoms with Crippen LogP contribution >= 0.6 is 0 Å². The zero-order valence-electron chi connectivity index (χ0n) is 21.1. The Kier molecular flexibility index (Phi) is 9.34. The Balaban J connectivity index is 1.38. The standard InChI is InChI=1S/C32H24N2O6/c35-27-15-7-6-14-26(27)32(38)34-33-22-25-13-5-9-17-29(25)40-31(37)21-19-24-12-4-8-16-28(24)39-30(36)20-18-23-10-2-1-3-11-23/h1-22,35H,(H,34,38)/b20-18+,21-19+,33-22+. The Labute approximate surface area is 230 Å². The number of rotatable bonds is 9. The Morgan fingerprint density at radius 2 is 1.20 bits per heavy atom. The van der Waals surface area contributed by atoms with Gasteiger partial charge in [-0.25, -0.2) is 15.0 Å². The monoisotopic (exact) mass is 532 g/mol. The highest BCUT2D eigenvalue weighted by molar-refractivity contribution is 5.97. The number of nitrogens with one attached hydrogen (secondary N) is 1. The van der Waals surface area contributed by atoms with Gasteiger partial charge in [-0.15, -0.1) is 0 Å². The average Bonchev–Trinajstić information content (AvgIpc) is 2.97. The lowest BCUT2D eigenvalue weighted by Crippen LogP contribution is -2.17. The molecule has 0 aliphatic rings. The third kappa shape index (κ3) is 7.87. The first kappa shape index (κ1) is 27.3. The van der Waals surface area contributed by atoms with Crippen molar-refractivity contribution in [3.05, 3.63) is 138 Å². The van der Waals surface area contributed by atoms with Crippen molar-refractivity contribution >= 4 is 36.2 Å². The lowest BCUT2D eigenvalue weighted by atomic mass is 10.2. The van der Waals surface area contributed by atoms with Crippen LogP contribution in [0.3, 0.4) is 0 Å². The normalized spacial score (nSPS) is 11.1. The van der Waals surface area contributed by atoms with Crippen molar-refractivity contribution in [2.75, 3.05) is 0 Å². The van der Waals surface area contributed by atoms with Crippen LogP contribution in [0.25, 0.3) is 12.2 Å². The zero-order chi connectivity index (χ0) is 28.2. The van der Waals surface area contributed by atoms with E-state index in [2.05, 4.69) is 10.5 Å². The fourth-order valence-corrected chi connectivity index (χ4v) is 3.45. The number of nitrogens with zero attached hydrogens (tertiary/aromatic N) is 1. The van der Waals surface area contributed by atoms with E-state index in [4.69, 9.17) is 9.47 Å². The van der Waals surface area contributed by atoms with Crippen molar-refractivity contribution in [2.24, 2.45) is 5.10 Å². The van der Waals surface area contributed by atoms with Crippen molar-refractivity contribution in [1.29, 1.82) is 0 Å². The van der Waals surface area contributed by atoms with E-state index in [1.165, 1.54) is 36.6 Å². The van der Waals surface area contributed by atoms with Crippen molar-refractivity contribution < 1.29 is 29.0 Å². The lowest BCUT2D eigenvalue weighted by Gasteiger charge is -2.07. The van der Waals surface area contributed by atoms with Gasteiger partial charge in [-0.2, -0.15) is 5.10 Å². The molecule has 0 radical (unpaired) electrons.